The third-order valence-electron chi connectivity index (χ3n) is 2.94. The van der Waals surface area contributed by atoms with Gasteiger partial charge in [-0.15, -0.1) is 11.3 Å². The molecule has 1 aromatic heterocycles. The van der Waals surface area contributed by atoms with Gasteiger partial charge in [-0.1, -0.05) is 6.07 Å². The minimum absolute atomic E-state index is 0.00692. The van der Waals surface area contributed by atoms with E-state index in [1.807, 2.05) is 17.5 Å². The fraction of sp³-hybridized carbons (Fsp3) is 0.500. The van der Waals surface area contributed by atoms with Crippen molar-refractivity contribution in [1.82, 2.24) is 15.5 Å². The highest BCUT2D eigenvalue weighted by molar-refractivity contribution is 7.09. The van der Waals surface area contributed by atoms with E-state index in [1.165, 1.54) is 0 Å². The molecule has 1 fully saturated rings. The van der Waals surface area contributed by atoms with Crippen molar-refractivity contribution in [3.05, 3.63) is 22.4 Å². The van der Waals surface area contributed by atoms with Crippen LogP contribution in [0.1, 0.15) is 11.3 Å². The zero-order valence-electron chi connectivity index (χ0n) is 10.3. The van der Waals surface area contributed by atoms with E-state index in [1.54, 1.807) is 23.3 Å². The molecule has 98 valence electrons. The Morgan fingerprint density at radius 3 is 3.22 bits per heavy atom. The molecule has 2 rings (SSSR count). The topological polar surface area (TPSA) is 61.4 Å². The fourth-order valence-corrected chi connectivity index (χ4v) is 2.53. The maximum Gasteiger partial charge on any atom is 0.240 e. The number of carbonyl (C=O) groups is 2. The van der Waals surface area contributed by atoms with Gasteiger partial charge in [0.1, 0.15) is 0 Å². The van der Waals surface area contributed by atoms with E-state index in [-0.39, 0.29) is 24.3 Å². The molecule has 6 heteroatoms. The molecule has 1 aliphatic heterocycles. The second kappa shape index (κ2) is 5.97. The number of nitrogens with one attached hydrogen (secondary N) is 2. The van der Waals surface area contributed by atoms with Gasteiger partial charge in [-0.05, 0) is 11.4 Å². The van der Waals surface area contributed by atoms with E-state index in [0.717, 1.165) is 11.4 Å². The molecule has 1 aliphatic rings. The van der Waals surface area contributed by atoms with Crippen LogP contribution in [0.15, 0.2) is 17.5 Å². The van der Waals surface area contributed by atoms with E-state index >= 15 is 0 Å². The lowest BCUT2D eigenvalue weighted by Gasteiger charge is -2.29. The number of hydrogen-bond donors (Lipinski definition) is 2. The highest BCUT2D eigenvalue weighted by Gasteiger charge is 2.27. The third-order valence-corrected chi connectivity index (χ3v) is 3.82. The molecule has 2 amide bonds. The van der Waals surface area contributed by atoms with Crippen LogP contribution in [0.2, 0.25) is 0 Å². The zero-order valence-corrected chi connectivity index (χ0v) is 11.1. The maximum absolute atomic E-state index is 11.8. The molecule has 0 aromatic carbocycles. The molecular formula is C12H17N3O2S. The second-order valence-electron chi connectivity index (χ2n) is 4.33. The van der Waals surface area contributed by atoms with Crippen molar-refractivity contribution < 1.29 is 9.59 Å². The van der Waals surface area contributed by atoms with Crippen molar-refractivity contribution >= 4 is 23.2 Å². The highest BCUT2D eigenvalue weighted by atomic mass is 32.1. The molecule has 1 saturated heterocycles. The van der Waals surface area contributed by atoms with Gasteiger partial charge in [0, 0.05) is 25.0 Å². The molecule has 0 radical (unpaired) electrons. The summed E-state index contributed by atoms with van der Waals surface area (Å²) in [6.45, 7) is 1.98. The number of carbonyl (C=O) groups excluding carboxylic acids is 2. The maximum atomic E-state index is 11.8. The fourth-order valence-electron chi connectivity index (χ4n) is 1.89. The number of nitrogens with zero attached hydrogens (tertiary/aromatic N) is 1. The molecule has 1 aromatic rings. The van der Waals surface area contributed by atoms with Gasteiger partial charge in [0.05, 0.1) is 19.0 Å². The molecule has 5 nitrogen and oxygen atoms in total. The average Bonchev–Trinajstić information content (AvgIpc) is 2.86. The first-order chi connectivity index (χ1) is 8.66. The third kappa shape index (κ3) is 3.30. The first-order valence-electron chi connectivity index (χ1n) is 5.94. The van der Waals surface area contributed by atoms with E-state index in [0.29, 0.717) is 13.1 Å². The second-order valence-corrected chi connectivity index (χ2v) is 5.36. The SMILES string of the molecule is CN1CCNC(CC(=O)NCc2cccs2)C1=O. The van der Waals surface area contributed by atoms with Gasteiger partial charge >= 0.3 is 0 Å². The van der Waals surface area contributed by atoms with Gasteiger partial charge in [-0.25, -0.2) is 0 Å². The molecule has 0 spiro atoms. The average molecular weight is 267 g/mol. The molecule has 1 atom stereocenters. The lowest BCUT2D eigenvalue weighted by molar-refractivity contribution is -0.136. The van der Waals surface area contributed by atoms with Gasteiger partial charge in [0.2, 0.25) is 11.8 Å². The smallest absolute Gasteiger partial charge is 0.240 e. The first-order valence-corrected chi connectivity index (χ1v) is 6.82. The molecule has 2 heterocycles. The van der Waals surface area contributed by atoms with Gasteiger partial charge in [-0.3, -0.25) is 9.59 Å². The van der Waals surface area contributed by atoms with Gasteiger partial charge in [-0.2, -0.15) is 0 Å². The summed E-state index contributed by atoms with van der Waals surface area (Å²) in [5, 5.41) is 7.88. The molecule has 0 saturated carbocycles. The number of amides is 2. The summed E-state index contributed by atoms with van der Waals surface area (Å²) < 4.78 is 0. The number of likely N-dealkylation sites (N-methyl/N-ethyl adjacent to an activating group) is 1. The van der Waals surface area contributed by atoms with Gasteiger partial charge in [0.25, 0.3) is 0 Å². The van der Waals surface area contributed by atoms with E-state index in [9.17, 15) is 9.59 Å². The number of hydrogen-bond acceptors (Lipinski definition) is 4. The van der Waals surface area contributed by atoms with Crippen molar-refractivity contribution in [3.8, 4) is 0 Å². The van der Waals surface area contributed by atoms with Crippen LogP contribution < -0.4 is 10.6 Å². The van der Waals surface area contributed by atoms with Crippen LogP contribution in [0.4, 0.5) is 0 Å². The molecule has 0 aliphatic carbocycles. The zero-order chi connectivity index (χ0) is 13.0. The van der Waals surface area contributed by atoms with Gasteiger partial charge in [0.15, 0.2) is 0 Å². The van der Waals surface area contributed by atoms with Crippen molar-refractivity contribution in [2.45, 2.75) is 19.0 Å². The van der Waals surface area contributed by atoms with Crippen LogP contribution in [0.25, 0.3) is 0 Å². The highest BCUT2D eigenvalue weighted by Crippen LogP contribution is 2.08. The Kier molecular flexibility index (Phi) is 4.33. The standard InChI is InChI=1S/C12H17N3O2S/c1-15-5-4-13-10(12(15)17)7-11(16)14-8-9-3-2-6-18-9/h2-3,6,10,13H,4-5,7-8H2,1H3,(H,14,16). The summed E-state index contributed by atoms with van der Waals surface area (Å²) in [7, 11) is 1.76. The predicted octanol–water partition coefficient (Wildman–Crippen LogP) is 0.185. The monoisotopic (exact) mass is 267 g/mol. The largest absolute Gasteiger partial charge is 0.351 e. The summed E-state index contributed by atoms with van der Waals surface area (Å²) in [6, 6.07) is 3.54. The number of rotatable bonds is 4. The normalized spacial score (nSPS) is 19.9. The molecule has 0 bridgehead atoms. The molecular weight excluding hydrogens is 250 g/mol. The lowest BCUT2D eigenvalue weighted by atomic mass is 10.1. The van der Waals surface area contributed by atoms with Crippen LogP contribution in [-0.2, 0) is 16.1 Å². The number of piperazine rings is 1. The Morgan fingerprint density at radius 1 is 1.67 bits per heavy atom. The Labute approximate surface area is 110 Å². The number of thiophene rings is 1. The van der Waals surface area contributed by atoms with Crippen molar-refractivity contribution in [2.75, 3.05) is 20.1 Å². The van der Waals surface area contributed by atoms with Crippen LogP contribution in [0.3, 0.4) is 0 Å². The molecule has 1 unspecified atom stereocenters. The van der Waals surface area contributed by atoms with E-state index in [4.69, 9.17) is 0 Å². The summed E-state index contributed by atoms with van der Waals surface area (Å²) in [4.78, 5) is 26.3. The Bertz CT molecular complexity index is 419. The van der Waals surface area contributed by atoms with Crippen molar-refractivity contribution in [2.24, 2.45) is 0 Å². The van der Waals surface area contributed by atoms with Crippen molar-refractivity contribution in [1.29, 1.82) is 0 Å². The van der Waals surface area contributed by atoms with Crippen LogP contribution in [-0.4, -0.2) is 42.9 Å². The minimum atomic E-state index is -0.382. The Balaban J connectivity index is 1.78. The van der Waals surface area contributed by atoms with Crippen LogP contribution in [0, 0.1) is 0 Å². The van der Waals surface area contributed by atoms with E-state index in [2.05, 4.69) is 10.6 Å². The van der Waals surface area contributed by atoms with Crippen LogP contribution >= 0.6 is 11.3 Å². The molecule has 18 heavy (non-hydrogen) atoms. The summed E-state index contributed by atoms with van der Waals surface area (Å²) in [5.41, 5.74) is 0. The van der Waals surface area contributed by atoms with Crippen molar-refractivity contribution in [3.63, 3.8) is 0 Å². The first kappa shape index (κ1) is 13.0. The summed E-state index contributed by atoms with van der Waals surface area (Å²) in [6.07, 6.45) is 0.203. The van der Waals surface area contributed by atoms with E-state index < -0.39 is 0 Å². The van der Waals surface area contributed by atoms with Crippen LogP contribution in [0.5, 0.6) is 0 Å². The summed E-state index contributed by atoms with van der Waals surface area (Å²) in [5.74, 6) is -0.0999. The van der Waals surface area contributed by atoms with Gasteiger partial charge < -0.3 is 15.5 Å². The predicted molar refractivity (Wildman–Crippen MR) is 70.2 cm³/mol. The quantitative estimate of drug-likeness (QED) is 0.818. The molecule has 2 N–H and O–H groups in total. The summed E-state index contributed by atoms with van der Waals surface area (Å²) >= 11 is 1.61. The Hall–Kier alpha value is -1.40. The lowest BCUT2D eigenvalue weighted by Crippen LogP contribution is -2.54. The minimum Gasteiger partial charge on any atom is -0.351 e. The Morgan fingerprint density at radius 2 is 2.50 bits per heavy atom.